The molecule has 0 heterocycles. The minimum absolute atomic E-state index is 0.396. The number of hydrogen-bond acceptors (Lipinski definition) is 3. The molecule has 1 aliphatic rings. The second-order valence-electron chi connectivity index (χ2n) is 7.58. The van der Waals surface area contributed by atoms with E-state index in [0.29, 0.717) is 11.5 Å². The zero-order chi connectivity index (χ0) is 17.8. The normalized spacial score (nSPS) is 17.7. The quantitative estimate of drug-likeness (QED) is 0.345. The smallest absolute Gasteiger partial charge is 0.190 e. The van der Waals surface area contributed by atoms with Gasteiger partial charge in [0.15, 0.2) is 5.96 Å². The van der Waals surface area contributed by atoms with Gasteiger partial charge in [0, 0.05) is 39.9 Å². The van der Waals surface area contributed by atoms with Crippen LogP contribution in [0.25, 0.3) is 0 Å². The fraction of sp³-hybridized carbons (Fsp3) is 0.947. The number of ether oxygens (including phenoxy) is 1. The zero-order valence-electron chi connectivity index (χ0n) is 16.7. The molecule has 0 atom stereocenters. The number of rotatable bonds is 11. The van der Waals surface area contributed by atoms with Gasteiger partial charge in [0.1, 0.15) is 0 Å². The van der Waals surface area contributed by atoms with E-state index in [4.69, 9.17) is 4.74 Å². The number of aliphatic imine (C=N–C) groups is 1. The Kier molecular flexibility index (Phi) is 10.3. The number of guanidine groups is 1. The summed E-state index contributed by atoms with van der Waals surface area (Å²) in [6.45, 7) is 8.49. The van der Waals surface area contributed by atoms with E-state index in [1.165, 1.54) is 38.5 Å². The van der Waals surface area contributed by atoms with E-state index in [1.807, 2.05) is 7.05 Å². The van der Waals surface area contributed by atoms with Crippen molar-refractivity contribution in [1.82, 2.24) is 15.5 Å². The highest BCUT2D eigenvalue weighted by atomic mass is 16.5. The van der Waals surface area contributed by atoms with Gasteiger partial charge >= 0.3 is 0 Å². The molecule has 0 bridgehead atoms. The number of unbranched alkanes of at least 4 members (excludes halogenated alkanes) is 1. The molecule has 24 heavy (non-hydrogen) atoms. The summed E-state index contributed by atoms with van der Waals surface area (Å²) < 4.78 is 5.31. The molecule has 0 saturated heterocycles. The van der Waals surface area contributed by atoms with Crippen molar-refractivity contribution in [3.8, 4) is 0 Å². The van der Waals surface area contributed by atoms with E-state index in [2.05, 4.69) is 41.4 Å². The van der Waals surface area contributed by atoms with E-state index in [9.17, 15) is 0 Å². The van der Waals surface area contributed by atoms with E-state index < -0.39 is 0 Å². The van der Waals surface area contributed by atoms with Gasteiger partial charge < -0.3 is 20.3 Å². The topological polar surface area (TPSA) is 48.9 Å². The van der Waals surface area contributed by atoms with Gasteiger partial charge in [0.25, 0.3) is 0 Å². The van der Waals surface area contributed by atoms with Crippen LogP contribution in [0.2, 0.25) is 0 Å². The molecule has 0 amide bonds. The third kappa shape index (κ3) is 7.84. The largest absolute Gasteiger partial charge is 0.385 e. The molecule has 0 aromatic carbocycles. The van der Waals surface area contributed by atoms with Crippen LogP contribution in [0.1, 0.15) is 58.8 Å². The summed E-state index contributed by atoms with van der Waals surface area (Å²) in [4.78, 5) is 6.77. The lowest BCUT2D eigenvalue weighted by molar-refractivity contribution is 0.138. The highest BCUT2D eigenvalue weighted by molar-refractivity contribution is 5.79. The molecule has 0 radical (unpaired) electrons. The van der Waals surface area contributed by atoms with Gasteiger partial charge in [-0.15, -0.1) is 0 Å². The van der Waals surface area contributed by atoms with Crippen LogP contribution in [0.4, 0.5) is 0 Å². The van der Waals surface area contributed by atoms with Gasteiger partial charge in [-0.2, -0.15) is 0 Å². The second kappa shape index (κ2) is 11.7. The first kappa shape index (κ1) is 21.2. The minimum Gasteiger partial charge on any atom is -0.385 e. The van der Waals surface area contributed by atoms with Gasteiger partial charge in [0.05, 0.1) is 0 Å². The lowest BCUT2D eigenvalue weighted by atomic mass is 9.83. The molecule has 142 valence electrons. The molecule has 5 heteroatoms. The molecule has 0 aliphatic heterocycles. The molecule has 1 fully saturated rings. The van der Waals surface area contributed by atoms with Crippen molar-refractivity contribution >= 4 is 5.96 Å². The third-order valence-electron chi connectivity index (χ3n) is 5.47. The molecule has 0 unspecified atom stereocenters. The molecule has 0 spiro atoms. The Morgan fingerprint density at radius 1 is 1.21 bits per heavy atom. The van der Waals surface area contributed by atoms with Gasteiger partial charge in [-0.1, -0.05) is 12.8 Å². The first-order chi connectivity index (χ1) is 11.5. The average molecular weight is 341 g/mol. The Morgan fingerprint density at radius 3 is 2.50 bits per heavy atom. The molecule has 2 N–H and O–H groups in total. The van der Waals surface area contributed by atoms with E-state index in [1.54, 1.807) is 7.11 Å². The van der Waals surface area contributed by atoms with Crippen molar-refractivity contribution in [3.63, 3.8) is 0 Å². The highest BCUT2D eigenvalue weighted by Crippen LogP contribution is 2.40. The predicted octanol–water partition coefficient (Wildman–Crippen LogP) is 2.87. The third-order valence-corrected chi connectivity index (χ3v) is 5.47. The van der Waals surface area contributed by atoms with Crippen LogP contribution in [-0.2, 0) is 4.74 Å². The maximum Gasteiger partial charge on any atom is 0.190 e. The molecule has 1 saturated carbocycles. The van der Waals surface area contributed by atoms with Crippen molar-refractivity contribution in [2.24, 2.45) is 10.4 Å². The van der Waals surface area contributed by atoms with Crippen LogP contribution in [0.5, 0.6) is 0 Å². The zero-order valence-corrected chi connectivity index (χ0v) is 16.7. The molecule has 1 rings (SSSR count). The molecule has 1 aliphatic carbocycles. The summed E-state index contributed by atoms with van der Waals surface area (Å²) >= 11 is 0. The van der Waals surface area contributed by atoms with Gasteiger partial charge in [-0.25, -0.2) is 0 Å². The van der Waals surface area contributed by atoms with Crippen LogP contribution >= 0.6 is 0 Å². The Bertz CT molecular complexity index is 351. The summed E-state index contributed by atoms with van der Waals surface area (Å²) in [6, 6.07) is 0.627. The SMILES string of the molecule is CN=C(NCCCCN(C)C(C)C)NCC1(CCOC)CCCC1. The lowest BCUT2D eigenvalue weighted by Crippen LogP contribution is -2.43. The Morgan fingerprint density at radius 2 is 1.92 bits per heavy atom. The molecule has 0 aromatic heterocycles. The summed E-state index contributed by atoms with van der Waals surface area (Å²) in [5.41, 5.74) is 0.396. The number of nitrogens with one attached hydrogen (secondary N) is 2. The average Bonchev–Trinajstić information content (AvgIpc) is 3.04. The van der Waals surface area contributed by atoms with Crippen molar-refractivity contribution < 1.29 is 4.74 Å². The minimum atomic E-state index is 0.396. The number of nitrogens with zero attached hydrogens (tertiary/aromatic N) is 2. The maximum absolute atomic E-state index is 5.31. The Labute approximate surface area is 149 Å². The Hall–Kier alpha value is -0.810. The molecule has 0 aromatic rings. The van der Waals surface area contributed by atoms with Crippen LogP contribution < -0.4 is 10.6 Å². The van der Waals surface area contributed by atoms with Crippen molar-refractivity contribution in [2.45, 2.75) is 64.8 Å². The van der Waals surface area contributed by atoms with Crippen LogP contribution in [0.3, 0.4) is 0 Å². The first-order valence-corrected chi connectivity index (χ1v) is 9.67. The summed E-state index contributed by atoms with van der Waals surface area (Å²) in [6.07, 6.45) is 8.85. The van der Waals surface area contributed by atoms with Crippen LogP contribution in [0.15, 0.2) is 4.99 Å². The monoisotopic (exact) mass is 340 g/mol. The van der Waals surface area contributed by atoms with E-state index >= 15 is 0 Å². The number of hydrogen-bond donors (Lipinski definition) is 2. The van der Waals surface area contributed by atoms with Gasteiger partial charge in [-0.3, -0.25) is 4.99 Å². The summed E-state index contributed by atoms with van der Waals surface area (Å²) in [7, 11) is 5.85. The van der Waals surface area contributed by atoms with Crippen LogP contribution in [0, 0.1) is 5.41 Å². The van der Waals surface area contributed by atoms with Crippen molar-refractivity contribution in [2.75, 3.05) is 47.4 Å². The second-order valence-corrected chi connectivity index (χ2v) is 7.58. The van der Waals surface area contributed by atoms with E-state index in [-0.39, 0.29) is 0 Å². The first-order valence-electron chi connectivity index (χ1n) is 9.67. The molecular weight excluding hydrogens is 300 g/mol. The standard InChI is InChI=1S/C19H40N4O/c1-17(2)23(4)14-9-8-13-21-18(20-3)22-16-19(12-15-24-5)10-6-7-11-19/h17H,6-16H2,1-5H3,(H2,20,21,22). The maximum atomic E-state index is 5.31. The fourth-order valence-electron chi connectivity index (χ4n) is 3.40. The molecular formula is C19H40N4O. The summed E-state index contributed by atoms with van der Waals surface area (Å²) in [5.74, 6) is 0.941. The lowest BCUT2D eigenvalue weighted by Gasteiger charge is -2.30. The fourth-order valence-corrected chi connectivity index (χ4v) is 3.40. The predicted molar refractivity (Wildman–Crippen MR) is 104 cm³/mol. The van der Waals surface area contributed by atoms with Gasteiger partial charge in [-0.05, 0) is 65.0 Å². The molecule has 5 nitrogen and oxygen atoms in total. The Balaban J connectivity index is 2.24. The van der Waals surface area contributed by atoms with Crippen molar-refractivity contribution in [3.05, 3.63) is 0 Å². The van der Waals surface area contributed by atoms with E-state index in [0.717, 1.165) is 38.6 Å². The highest BCUT2D eigenvalue weighted by Gasteiger charge is 2.33. The van der Waals surface area contributed by atoms with Gasteiger partial charge in [0.2, 0.25) is 0 Å². The van der Waals surface area contributed by atoms with Crippen LogP contribution in [-0.4, -0.2) is 64.3 Å². The summed E-state index contributed by atoms with van der Waals surface area (Å²) in [5, 5.41) is 7.01. The van der Waals surface area contributed by atoms with Crippen molar-refractivity contribution in [1.29, 1.82) is 0 Å². The number of methoxy groups -OCH3 is 1.